The molecular formula is C9H9N3O. The van der Waals surface area contributed by atoms with Crippen molar-refractivity contribution in [2.75, 3.05) is 0 Å². The second-order valence-electron chi connectivity index (χ2n) is 2.76. The molecule has 0 saturated heterocycles. The van der Waals surface area contributed by atoms with Crippen LogP contribution in [0.1, 0.15) is 11.4 Å². The first-order valence-electron chi connectivity index (χ1n) is 3.97. The summed E-state index contributed by atoms with van der Waals surface area (Å²) in [6, 6.07) is 7.02. The van der Waals surface area contributed by atoms with E-state index in [0.29, 0.717) is 6.42 Å². The first-order valence-corrected chi connectivity index (χ1v) is 3.97. The van der Waals surface area contributed by atoms with E-state index in [9.17, 15) is 0 Å². The fraction of sp³-hybridized carbons (Fsp3) is 0.111. The summed E-state index contributed by atoms with van der Waals surface area (Å²) in [5.74, 6) is 1.03. The minimum atomic E-state index is 0.277. The fourth-order valence-electron chi connectivity index (χ4n) is 1.12. The van der Waals surface area contributed by atoms with E-state index < -0.39 is 0 Å². The Morgan fingerprint density at radius 3 is 2.62 bits per heavy atom. The third kappa shape index (κ3) is 1.84. The van der Waals surface area contributed by atoms with Gasteiger partial charge in [0.1, 0.15) is 12.1 Å². The SMILES string of the molecule is Oc1ccc(Cc2nc[nH]n2)cc1. The second-order valence-corrected chi connectivity index (χ2v) is 2.76. The number of phenols is 1. The van der Waals surface area contributed by atoms with E-state index in [1.165, 1.54) is 0 Å². The van der Waals surface area contributed by atoms with Crippen molar-refractivity contribution in [2.24, 2.45) is 0 Å². The molecule has 0 bridgehead atoms. The first kappa shape index (κ1) is 7.79. The Morgan fingerprint density at radius 2 is 2.00 bits per heavy atom. The van der Waals surface area contributed by atoms with Gasteiger partial charge in [0.25, 0.3) is 0 Å². The van der Waals surface area contributed by atoms with Gasteiger partial charge in [-0.25, -0.2) is 4.98 Å². The molecule has 0 radical (unpaired) electrons. The molecule has 66 valence electrons. The molecule has 1 heterocycles. The molecule has 1 aromatic carbocycles. The van der Waals surface area contributed by atoms with Crippen molar-refractivity contribution in [3.63, 3.8) is 0 Å². The van der Waals surface area contributed by atoms with E-state index >= 15 is 0 Å². The highest BCUT2D eigenvalue weighted by atomic mass is 16.3. The van der Waals surface area contributed by atoms with Gasteiger partial charge in [-0.3, -0.25) is 5.10 Å². The van der Waals surface area contributed by atoms with Gasteiger partial charge < -0.3 is 5.11 Å². The van der Waals surface area contributed by atoms with Crippen molar-refractivity contribution >= 4 is 0 Å². The first-order chi connectivity index (χ1) is 6.34. The normalized spacial score (nSPS) is 10.2. The molecule has 1 aromatic heterocycles. The van der Waals surface area contributed by atoms with Crippen LogP contribution in [0.15, 0.2) is 30.6 Å². The zero-order valence-corrected chi connectivity index (χ0v) is 6.94. The molecule has 0 aliphatic carbocycles. The van der Waals surface area contributed by atoms with E-state index in [0.717, 1.165) is 11.4 Å². The summed E-state index contributed by atoms with van der Waals surface area (Å²) in [5.41, 5.74) is 1.08. The summed E-state index contributed by atoms with van der Waals surface area (Å²) < 4.78 is 0. The summed E-state index contributed by atoms with van der Waals surface area (Å²) in [5, 5.41) is 15.6. The number of hydrogen-bond donors (Lipinski definition) is 2. The largest absolute Gasteiger partial charge is 0.508 e. The van der Waals surface area contributed by atoms with Crippen molar-refractivity contribution in [2.45, 2.75) is 6.42 Å². The Kier molecular flexibility index (Phi) is 1.96. The molecule has 13 heavy (non-hydrogen) atoms. The molecular weight excluding hydrogens is 166 g/mol. The van der Waals surface area contributed by atoms with Gasteiger partial charge in [-0.15, -0.1) is 0 Å². The highest BCUT2D eigenvalue weighted by Gasteiger charge is 1.98. The molecule has 0 unspecified atom stereocenters. The summed E-state index contributed by atoms with van der Waals surface area (Å²) >= 11 is 0. The molecule has 4 heteroatoms. The average molecular weight is 175 g/mol. The number of rotatable bonds is 2. The quantitative estimate of drug-likeness (QED) is 0.718. The molecule has 4 nitrogen and oxygen atoms in total. The number of aromatic hydroxyl groups is 1. The van der Waals surface area contributed by atoms with Gasteiger partial charge in [-0.1, -0.05) is 12.1 Å². The van der Waals surface area contributed by atoms with E-state index in [-0.39, 0.29) is 5.75 Å². The Labute approximate surface area is 75.3 Å². The summed E-state index contributed by atoms with van der Waals surface area (Å²) in [6.45, 7) is 0. The van der Waals surface area contributed by atoms with E-state index in [1.54, 1.807) is 18.5 Å². The van der Waals surface area contributed by atoms with Gasteiger partial charge in [0.2, 0.25) is 0 Å². The van der Waals surface area contributed by atoms with Crippen LogP contribution in [0.25, 0.3) is 0 Å². The molecule has 0 atom stereocenters. The lowest BCUT2D eigenvalue weighted by Crippen LogP contribution is -1.89. The number of nitrogens with zero attached hydrogens (tertiary/aromatic N) is 2. The van der Waals surface area contributed by atoms with Gasteiger partial charge >= 0.3 is 0 Å². The zero-order chi connectivity index (χ0) is 9.10. The Morgan fingerprint density at radius 1 is 1.23 bits per heavy atom. The smallest absolute Gasteiger partial charge is 0.154 e. The lowest BCUT2D eigenvalue weighted by molar-refractivity contribution is 0.475. The molecule has 2 rings (SSSR count). The highest BCUT2D eigenvalue weighted by Crippen LogP contribution is 2.11. The minimum absolute atomic E-state index is 0.277. The van der Waals surface area contributed by atoms with E-state index in [2.05, 4.69) is 15.2 Å². The third-order valence-corrected chi connectivity index (χ3v) is 1.76. The monoisotopic (exact) mass is 175 g/mol. The standard InChI is InChI=1S/C9H9N3O/c13-8-3-1-7(2-4-8)5-9-10-6-11-12-9/h1-4,6,13H,5H2,(H,10,11,12). The lowest BCUT2D eigenvalue weighted by Gasteiger charge is -1.96. The number of aromatic amines is 1. The van der Waals surface area contributed by atoms with Crippen molar-refractivity contribution in [1.29, 1.82) is 0 Å². The van der Waals surface area contributed by atoms with Gasteiger partial charge in [0, 0.05) is 6.42 Å². The van der Waals surface area contributed by atoms with Crippen molar-refractivity contribution in [3.8, 4) is 5.75 Å². The molecule has 0 saturated carbocycles. The van der Waals surface area contributed by atoms with Gasteiger partial charge in [0.05, 0.1) is 0 Å². The maximum Gasteiger partial charge on any atom is 0.154 e. The summed E-state index contributed by atoms with van der Waals surface area (Å²) in [4.78, 5) is 4.00. The fourth-order valence-corrected chi connectivity index (χ4v) is 1.12. The molecule has 2 aromatic rings. The molecule has 2 N–H and O–H groups in total. The van der Waals surface area contributed by atoms with Crippen LogP contribution in [-0.4, -0.2) is 20.3 Å². The molecule has 0 aliphatic heterocycles. The van der Waals surface area contributed by atoms with Gasteiger partial charge in [0.15, 0.2) is 5.82 Å². The van der Waals surface area contributed by atoms with Crippen LogP contribution in [0.2, 0.25) is 0 Å². The lowest BCUT2D eigenvalue weighted by atomic mass is 10.1. The molecule has 0 amide bonds. The van der Waals surface area contributed by atoms with Crippen LogP contribution in [0.3, 0.4) is 0 Å². The van der Waals surface area contributed by atoms with Gasteiger partial charge in [-0.05, 0) is 17.7 Å². The number of benzene rings is 1. The average Bonchev–Trinajstić information content (AvgIpc) is 2.62. The number of nitrogens with one attached hydrogen (secondary N) is 1. The van der Waals surface area contributed by atoms with Crippen LogP contribution in [0.4, 0.5) is 0 Å². The maximum absolute atomic E-state index is 9.05. The maximum atomic E-state index is 9.05. The number of H-pyrrole nitrogens is 1. The molecule has 0 aliphatic rings. The predicted octanol–water partition coefficient (Wildman–Crippen LogP) is 1.10. The molecule has 0 spiro atoms. The Bertz CT molecular complexity index is 366. The Hall–Kier alpha value is -1.84. The van der Waals surface area contributed by atoms with Crippen LogP contribution >= 0.6 is 0 Å². The van der Waals surface area contributed by atoms with Gasteiger partial charge in [-0.2, -0.15) is 5.10 Å². The van der Waals surface area contributed by atoms with Crippen LogP contribution in [0.5, 0.6) is 5.75 Å². The van der Waals surface area contributed by atoms with Crippen molar-refractivity contribution < 1.29 is 5.11 Å². The second kappa shape index (κ2) is 3.26. The van der Waals surface area contributed by atoms with E-state index in [1.807, 2.05) is 12.1 Å². The topological polar surface area (TPSA) is 61.8 Å². The van der Waals surface area contributed by atoms with Crippen LogP contribution in [-0.2, 0) is 6.42 Å². The minimum Gasteiger partial charge on any atom is -0.508 e. The van der Waals surface area contributed by atoms with Crippen LogP contribution in [0, 0.1) is 0 Å². The van der Waals surface area contributed by atoms with E-state index in [4.69, 9.17) is 5.11 Å². The number of aromatic nitrogens is 3. The highest BCUT2D eigenvalue weighted by molar-refractivity contribution is 5.27. The molecule has 0 fully saturated rings. The Balaban J connectivity index is 2.15. The van der Waals surface area contributed by atoms with Crippen molar-refractivity contribution in [3.05, 3.63) is 42.0 Å². The number of hydrogen-bond acceptors (Lipinski definition) is 3. The summed E-state index contributed by atoms with van der Waals surface area (Å²) in [6.07, 6.45) is 2.24. The zero-order valence-electron chi connectivity index (χ0n) is 6.94. The predicted molar refractivity (Wildman–Crippen MR) is 47.3 cm³/mol. The number of phenolic OH excluding ortho intramolecular Hbond substituents is 1. The van der Waals surface area contributed by atoms with Crippen molar-refractivity contribution in [1.82, 2.24) is 15.2 Å². The third-order valence-electron chi connectivity index (χ3n) is 1.76. The van der Waals surface area contributed by atoms with Crippen LogP contribution < -0.4 is 0 Å². The summed E-state index contributed by atoms with van der Waals surface area (Å²) in [7, 11) is 0.